The van der Waals surface area contributed by atoms with Gasteiger partial charge < -0.3 is 10.1 Å². The zero-order chi connectivity index (χ0) is 15.5. The van der Waals surface area contributed by atoms with Gasteiger partial charge in [-0.25, -0.2) is 9.78 Å². The largest absolute Gasteiger partial charge is 0.413 e. The number of nitrogens with one attached hydrogen (secondary N) is 1. The molecule has 0 radical (unpaired) electrons. The number of carbonyl (C=O) groups is 1. The second-order valence-corrected chi connectivity index (χ2v) is 5.66. The van der Waals surface area contributed by atoms with E-state index in [0.29, 0.717) is 5.65 Å². The topological polar surface area (TPSA) is 72.7 Å². The molecule has 6 heteroatoms. The van der Waals surface area contributed by atoms with Crippen molar-refractivity contribution in [2.24, 2.45) is 0 Å². The summed E-state index contributed by atoms with van der Waals surface area (Å²) in [5.74, 6) is -0.0555. The lowest BCUT2D eigenvalue weighted by Crippen LogP contribution is -2.39. The number of ether oxygens (including phenoxy) is 1. The third-order valence-corrected chi connectivity index (χ3v) is 4.02. The molecule has 1 fully saturated rings. The molecule has 1 aliphatic rings. The number of hydrogen-bond acceptors (Lipinski definition) is 4. The third-order valence-electron chi connectivity index (χ3n) is 4.02. The molecule has 0 aromatic carbocycles. The Morgan fingerprint density at radius 1 is 1.32 bits per heavy atom. The van der Waals surface area contributed by atoms with E-state index in [4.69, 9.17) is 4.74 Å². The van der Waals surface area contributed by atoms with Crippen LogP contribution in [0.1, 0.15) is 37.8 Å². The van der Waals surface area contributed by atoms with Gasteiger partial charge in [0.05, 0.1) is 6.20 Å². The molecule has 2 heterocycles. The first-order valence-corrected chi connectivity index (χ1v) is 7.61. The van der Waals surface area contributed by atoms with Gasteiger partial charge in [0.25, 0.3) is 0 Å². The molecule has 3 rings (SSSR count). The van der Waals surface area contributed by atoms with E-state index in [-0.39, 0.29) is 17.4 Å². The SMILES string of the molecule is Cc1cccc2ncc(OC(=O)NC3CCCCC3)c(=O)n12. The maximum absolute atomic E-state index is 12.4. The van der Waals surface area contributed by atoms with E-state index in [9.17, 15) is 9.59 Å². The maximum atomic E-state index is 12.4. The average Bonchev–Trinajstić information content (AvgIpc) is 2.51. The van der Waals surface area contributed by atoms with Gasteiger partial charge in [-0.3, -0.25) is 9.20 Å². The number of aromatic nitrogens is 2. The van der Waals surface area contributed by atoms with Crippen molar-refractivity contribution >= 4 is 11.7 Å². The molecule has 1 aliphatic carbocycles. The summed E-state index contributed by atoms with van der Waals surface area (Å²) in [6, 6.07) is 5.51. The van der Waals surface area contributed by atoms with E-state index >= 15 is 0 Å². The summed E-state index contributed by atoms with van der Waals surface area (Å²) in [6.07, 6.45) is 6.08. The van der Waals surface area contributed by atoms with Gasteiger partial charge in [-0.05, 0) is 31.9 Å². The molecule has 0 aliphatic heterocycles. The molecule has 0 atom stereocenters. The van der Waals surface area contributed by atoms with Crippen molar-refractivity contribution in [2.75, 3.05) is 0 Å². The normalized spacial score (nSPS) is 15.7. The van der Waals surface area contributed by atoms with E-state index < -0.39 is 6.09 Å². The minimum absolute atomic E-state index is 0.0555. The molecule has 0 bridgehead atoms. The first-order valence-electron chi connectivity index (χ1n) is 7.61. The highest BCUT2D eigenvalue weighted by atomic mass is 16.6. The molecule has 2 aromatic rings. The number of pyridine rings is 1. The highest BCUT2D eigenvalue weighted by Gasteiger charge is 2.18. The Hall–Kier alpha value is -2.37. The van der Waals surface area contributed by atoms with Crippen LogP contribution in [0, 0.1) is 6.92 Å². The molecule has 0 unspecified atom stereocenters. The highest BCUT2D eigenvalue weighted by Crippen LogP contribution is 2.17. The fraction of sp³-hybridized carbons (Fsp3) is 0.438. The lowest BCUT2D eigenvalue weighted by Gasteiger charge is -2.22. The molecule has 1 amide bonds. The van der Waals surface area contributed by atoms with Crippen molar-refractivity contribution < 1.29 is 9.53 Å². The first-order chi connectivity index (χ1) is 10.6. The summed E-state index contributed by atoms with van der Waals surface area (Å²) in [5.41, 5.74) is 0.903. The molecule has 1 saturated carbocycles. The first kappa shape index (κ1) is 14.6. The molecule has 1 N–H and O–H groups in total. The summed E-state index contributed by atoms with van der Waals surface area (Å²) >= 11 is 0. The highest BCUT2D eigenvalue weighted by molar-refractivity contribution is 5.70. The molecule has 0 saturated heterocycles. The van der Waals surface area contributed by atoms with Crippen molar-refractivity contribution in [3.8, 4) is 5.75 Å². The quantitative estimate of drug-likeness (QED) is 0.924. The molecule has 22 heavy (non-hydrogen) atoms. The Morgan fingerprint density at radius 2 is 2.09 bits per heavy atom. The van der Waals surface area contributed by atoms with Crippen LogP contribution in [0.2, 0.25) is 0 Å². The third kappa shape index (κ3) is 2.95. The van der Waals surface area contributed by atoms with Crippen LogP contribution in [0.5, 0.6) is 5.75 Å². The van der Waals surface area contributed by atoms with Crippen LogP contribution in [0.25, 0.3) is 5.65 Å². The maximum Gasteiger partial charge on any atom is 0.413 e. The minimum atomic E-state index is -0.584. The molecular weight excluding hydrogens is 282 g/mol. The van der Waals surface area contributed by atoms with E-state index in [1.165, 1.54) is 17.0 Å². The standard InChI is InChI=1S/C16H19N3O3/c1-11-6-5-9-14-17-10-13(15(20)19(11)14)22-16(21)18-12-7-3-2-4-8-12/h5-6,9-10,12H,2-4,7-8H2,1H3,(H,18,21). The van der Waals surface area contributed by atoms with Crippen molar-refractivity contribution in [2.45, 2.75) is 45.1 Å². The molecule has 116 valence electrons. The van der Waals surface area contributed by atoms with Gasteiger partial charge in [-0.2, -0.15) is 0 Å². The number of nitrogens with zero attached hydrogens (tertiary/aromatic N) is 2. The van der Waals surface area contributed by atoms with Crippen LogP contribution in [0.3, 0.4) is 0 Å². The van der Waals surface area contributed by atoms with Crippen molar-refractivity contribution in [1.29, 1.82) is 0 Å². The van der Waals surface area contributed by atoms with Gasteiger partial charge in [0.2, 0.25) is 5.75 Å². The minimum Gasteiger partial charge on any atom is -0.403 e. The Balaban J connectivity index is 1.79. The predicted molar refractivity (Wildman–Crippen MR) is 82.2 cm³/mol. The van der Waals surface area contributed by atoms with E-state index in [1.54, 1.807) is 6.07 Å². The summed E-state index contributed by atoms with van der Waals surface area (Å²) in [7, 11) is 0. The number of aryl methyl sites for hydroxylation is 1. The number of fused-ring (bicyclic) bond motifs is 1. The van der Waals surface area contributed by atoms with Crippen LogP contribution in [-0.2, 0) is 0 Å². The summed E-state index contributed by atoms with van der Waals surface area (Å²) in [5, 5.41) is 2.82. The van der Waals surface area contributed by atoms with Gasteiger partial charge in [0.15, 0.2) is 0 Å². The number of carbonyl (C=O) groups excluding carboxylic acids is 1. The van der Waals surface area contributed by atoms with E-state index in [0.717, 1.165) is 31.4 Å². The number of amides is 1. The Kier molecular flexibility index (Phi) is 4.09. The smallest absolute Gasteiger partial charge is 0.403 e. The predicted octanol–water partition coefficient (Wildman–Crippen LogP) is 2.42. The van der Waals surface area contributed by atoms with Gasteiger partial charge in [-0.1, -0.05) is 25.3 Å². The Morgan fingerprint density at radius 3 is 2.86 bits per heavy atom. The Labute approximate surface area is 128 Å². The van der Waals surface area contributed by atoms with Crippen molar-refractivity contribution in [3.05, 3.63) is 40.4 Å². The molecule has 0 spiro atoms. The van der Waals surface area contributed by atoms with Crippen LogP contribution in [0.4, 0.5) is 4.79 Å². The van der Waals surface area contributed by atoms with Gasteiger partial charge in [-0.15, -0.1) is 0 Å². The monoisotopic (exact) mass is 301 g/mol. The number of rotatable bonds is 2. The van der Waals surface area contributed by atoms with Crippen molar-refractivity contribution in [1.82, 2.24) is 14.7 Å². The Bertz CT molecular complexity index is 748. The van der Waals surface area contributed by atoms with Crippen LogP contribution in [-0.4, -0.2) is 21.5 Å². The summed E-state index contributed by atoms with van der Waals surface area (Å²) in [4.78, 5) is 28.5. The number of hydrogen-bond donors (Lipinski definition) is 1. The molecule has 2 aromatic heterocycles. The van der Waals surface area contributed by atoms with E-state index in [1.807, 2.05) is 19.1 Å². The zero-order valence-corrected chi connectivity index (χ0v) is 12.5. The molecule has 6 nitrogen and oxygen atoms in total. The van der Waals surface area contributed by atoms with E-state index in [2.05, 4.69) is 10.3 Å². The fourth-order valence-electron chi connectivity index (χ4n) is 2.87. The second kappa shape index (κ2) is 6.17. The van der Waals surface area contributed by atoms with Gasteiger partial charge >= 0.3 is 11.7 Å². The van der Waals surface area contributed by atoms with Crippen LogP contribution >= 0.6 is 0 Å². The lowest BCUT2D eigenvalue weighted by molar-refractivity contribution is 0.191. The summed E-state index contributed by atoms with van der Waals surface area (Å²) < 4.78 is 6.60. The summed E-state index contributed by atoms with van der Waals surface area (Å²) in [6.45, 7) is 1.81. The van der Waals surface area contributed by atoms with Crippen molar-refractivity contribution in [3.63, 3.8) is 0 Å². The van der Waals surface area contributed by atoms with Gasteiger partial charge in [0.1, 0.15) is 5.65 Å². The fourth-order valence-corrected chi connectivity index (χ4v) is 2.87. The molecular formula is C16H19N3O3. The second-order valence-electron chi connectivity index (χ2n) is 5.66. The lowest BCUT2D eigenvalue weighted by atomic mass is 9.96. The zero-order valence-electron chi connectivity index (χ0n) is 12.5. The van der Waals surface area contributed by atoms with Gasteiger partial charge in [0, 0.05) is 11.7 Å². The average molecular weight is 301 g/mol. The van der Waals surface area contributed by atoms with Crippen LogP contribution < -0.4 is 15.6 Å². The van der Waals surface area contributed by atoms with Crippen LogP contribution in [0.15, 0.2) is 29.2 Å².